The van der Waals surface area contributed by atoms with Crippen LogP contribution in [0.2, 0.25) is 0 Å². The minimum Gasteiger partial charge on any atom is -0.438 e. The van der Waals surface area contributed by atoms with Gasteiger partial charge in [0.25, 0.3) is 5.91 Å². The molecule has 2 aromatic rings. The molecular formula is C14H17N5O2. The van der Waals surface area contributed by atoms with Crippen molar-refractivity contribution in [2.75, 3.05) is 36.8 Å². The van der Waals surface area contributed by atoms with Gasteiger partial charge in [-0.25, -0.2) is 9.97 Å². The molecule has 1 aliphatic rings. The third-order valence-electron chi connectivity index (χ3n) is 3.60. The fourth-order valence-corrected chi connectivity index (χ4v) is 2.37. The number of anilines is 2. The Morgan fingerprint density at radius 3 is 2.57 bits per heavy atom. The summed E-state index contributed by atoms with van der Waals surface area (Å²) in [5, 5.41) is 0. The van der Waals surface area contributed by atoms with Crippen molar-refractivity contribution in [1.82, 2.24) is 14.9 Å². The molecule has 2 aromatic heterocycles. The zero-order valence-corrected chi connectivity index (χ0v) is 11.8. The number of rotatable bonds is 2. The second-order valence-corrected chi connectivity index (χ2v) is 5.00. The molecule has 0 spiro atoms. The van der Waals surface area contributed by atoms with Crippen LogP contribution < -0.4 is 10.6 Å². The average Bonchev–Trinajstić information content (AvgIpc) is 2.94. The van der Waals surface area contributed by atoms with Gasteiger partial charge in [-0.15, -0.1) is 0 Å². The van der Waals surface area contributed by atoms with Crippen LogP contribution in [0.25, 0.3) is 0 Å². The first kappa shape index (κ1) is 13.4. The summed E-state index contributed by atoms with van der Waals surface area (Å²) in [5.74, 6) is 1.11. The molecule has 1 aliphatic heterocycles. The average molecular weight is 287 g/mol. The summed E-state index contributed by atoms with van der Waals surface area (Å²) < 4.78 is 5.16. The van der Waals surface area contributed by atoms with Gasteiger partial charge >= 0.3 is 0 Å². The molecule has 0 saturated carbocycles. The monoisotopic (exact) mass is 287 g/mol. The van der Waals surface area contributed by atoms with Gasteiger partial charge in [-0.1, -0.05) is 0 Å². The smallest absolute Gasteiger partial charge is 0.291 e. The first-order chi connectivity index (χ1) is 10.1. The number of aryl methyl sites for hydroxylation is 1. The maximum absolute atomic E-state index is 12.3. The van der Waals surface area contributed by atoms with Crippen LogP contribution in [0.15, 0.2) is 29.1 Å². The Morgan fingerprint density at radius 2 is 2.00 bits per heavy atom. The maximum atomic E-state index is 12.3. The third kappa shape index (κ3) is 2.67. The fourth-order valence-electron chi connectivity index (χ4n) is 2.37. The van der Waals surface area contributed by atoms with Crippen LogP contribution in [0, 0.1) is 6.92 Å². The van der Waals surface area contributed by atoms with Crippen molar-refractivity contribution in [2.24, 2.45) is 0 Å². The lowest BCUT2D eigenvalue weighted by Gasteiger charge is -2.35. The zero-order chi connectivity index (χ0) is 14.8. The highest BCUT2D eigenvalue weighted by Gasteiger charge is 2.25. The summed E-state index contributed by atoms with van der Waals surface area (Å²) in [5.41, 5.74) is 6.91. The van der Waals surface area contributed by atoms with E-state index in [9.17, 15) is 4.79 Å². The molecule has 1 amide bonds. The molecule has 0 bridgehead atoms. The maximum Gasteiger partial charge on any atom is 0.291 e. The molecule has 3 heterocycles. The number of nitrogen functional groups attached to an aromatic ring is 1. The summed E-state index contributed by atoms with van der Waals surface area (Å²) >= 11 is 0. The van der Waals surface area contributed by atoms with E-state index in [0.29, 0.717) is 30.2 Å². The summed E-state index contributed by atoms with van der Waals surface area (Å²) in [6.45, 7) is 4.49. The van der Waals surface area contributed by atoms with Crippen LogP contribution in [-0.4, -0.2) is 47.0 Å². The second-order valence-electron chi connectivity index (χ2n) is 5.00. The number of piperazine rings is 1. The van der Waals surface area contributed by atoms with Gasteiger partial charge in [0, 0.05) is 26.2 Å². The summed E-state index contributed by atoms with van der Waals surface area (Å²) in [4.78, 5) is 24.5. The standard InChI is InChI=1S/C14H17N5O2/c1-10-13(21-9-17-10)14(20)19-6-4-18(5-7-19)12-3-2-11(15)8-16-12/h2-3,8-9H,4-7,15H2,1H3. The van der Waals surface area contributed by atoms with Gasteiger partial charge in [0.1, 0.15) is 5.82 Å². The van der Waals surface area contributed by atoms with Crippen molar-refractivity contribution in [3.63, 3.8) is 0 Å². The van der Waals surface area contributed by atoms with Crippen molar-refractivity contribution in [3.8, 4) is 0 Å². The Morgan fingerprint density at radius 1 is 1.24 bits per heavy atom. The van der Waals surface area contributed by atoms with Gasteiger partial charge in [-0.3, -0.25) is 4.79 Å². The van der Waals surface area contributed by atoms with Crippen LogP contribution in [0.1, 0.15) is 16.2 Å². The SMILES string of the molecule is Cc1ncoc1C(=O)N1CCN(c2ccc(N)cn2)CC1. The van der Waals surface area contributed by atoms with E-state index in [0.717, 1.165) is 18.9 Å². The highest BCUT2D eigenvalue weighted by Crippen LogP contribution is 2.16. The minimum absolute atomic E-state index is 0.102. The second kappa shape index (κ2) is 5.43. The molecule has 7 heteroatoms. The van der Waals surface area contributed by atoms with Crippen molar-refractivity contribution in [2.45, 2.75) is 6.92 Å². The van der Waals surface area contributed by atoms with E-state index < -0.39 is 0 Å². The van der Waals surface area contributed by atoms with Gasteiger partial charge in [-0.05, 0) is 19.1 Å². The number of aromatic nitrogens is 2. The Bertz CT molecular complexity index is 629. The third-order valence-corrected chi connectivity index (χ3v) is 3.60. The van der Waals surface area contributed by atoms with Crippen molar-refractivity contribution in [3.05, 3.63) is 36.2 Å². The summed E-state index contributed by atoms with van der Waals surface area (Å²) in [7, 11) is 0. The molecule has 110 valence electrons. The number of pyridine rings is 1. The summed E-state index contributed by atoms with van der Waals surface area (Å²) in [6, 6.07) is 3.73. The van der Waals surface area contributed by atoms with Crippen molar-refractivity contribution >= 4 is 17.4 Å². The van der Waals surface area contributed by atoms with E-state index in [4.69, 9.17) is 10.2 Å². The Hall–Kier alpha value is -2.57. The molecule has 0 aliphatic carbocycles. The van der Waals surface area contributed by atoms with E-state index in [1.165, 1.54) is 6.39 Å². The predicted molar refractivity (Wildman–Crippen MR) is 78.0 cm³/mol. The lowest BCUT2D eigenvalue weighted by Crippen LogP contribution is -2.49. The number of hydrogen-bond acceptors (Lipinski definition) is 6. The molecule has 0 unspecified atom stereocenters. The molecule has 3 rings (SSSR count). The Labute approximate surface area is 122 Å². The molecule has 0 radical (unpaired) electrons. The fraction of sp³-hybridized carbons (Fsp3) is 0.357. The molecule has 2 N–H and O–H groups in total. The van der Waals surface area contributed by atoms with Gasteiger partial charge < -0.3 is 20.0 Å². The van der Waals surface area contributed by atoms with Crippen molar-refractivity contribution < 1.29 is 9.21 Å². The van der Waals surface area contributed by atoms with Gasteiger partial charge in [0.05, 0.1) is 17.6 Å². The highest BCUT2D eigenvalue weighted by atomic mass is 16.3. The molecular weight excluding hydrogens is 270 g/mol. The summed E-state index contributed by atoms with van der Waals surface area (Å²) in [6.07, 6.45) is 2.95. The lowest BCUT2D eigenvalue weighted by atomic mass is 10.2. The highest BCUT2D eigenvalue weighted by molar-refractivity contribution is 5.92. The Kier molecular flexibility index (Phi) is 3.47. The topological polar surface area (TPSA) is 88.5 Å². The normalized spacial score (nSPS) is 15.3. The van der Waals surface area contributed by atoms with Crippen LogP contribution in [0.3, 0.4) is 0 Å². The number of nitrogens with zero attached hydrogens (tertiary/aromatic N) is 4. The van der Waals surface area contributed by atoms with Gasteiger partial charge in [0.2, 0.25) is 5.76 Å². The Balaban J connectivity index is 1.64. The minimum atomic E-state index is -0.102. The van der Waals surface area contributed by atoms with E-state index in [1.54, 1.807) is 18.0 Å². The van der Waals surface area contributed by atoms with E-state index in [2.05, 4.69) is 14.9 Å². The number of oxazole rings is 1. The molecule has 21 heavy (non-hydrogen) atoms. The largest absolute Gasteiger partial charge is 0.438 e. The number of amides is 1. The molecule has 0 aromatic carbocycles. The number of carbonyl (C=O) groups excluding carboxylic acids is 1. The molecule has 1 saturated heterocycles. The van der Waals surface area contributed by atoms with Crippen LogP contribution in [0.4, 0.5) is 11.5 Å². The predicted octanol–water partition coefficient (Wildman–Crippen LogP) is 0.923. The van der Waals surface area contributed by atoms with Crippen molar-refractivity contribution in [1.29, 1.82) is 0 Å². The number of nitrogens with two attached hydrogens (primary N) is 1. The molecule has 1 fully saturated rings. The first-order valence-corrected chi connectivity index (χ1v) is 6.81. The van der Waals surface area contributed by atoms with E-state index >= 15 is 0 Å². The lowest BCUT2D eigenvalue weighted by molar-refractivity contribution is 0.0713. The first-order valence-electron chi connectivity index (χ1n) is 6.81. The van der Waals surface area contributed by atoms with E-state index in [-0.39, 0.29) is 5.91 Å². The molecule has 0 atom stereocenters. The molecule has 7 nitrogen and oxygen atoms in total. The van der Waals surface area contributed by atoms with Crippen LogP contribution >= 0.6 is 0 Å². The number of hydrogen-bond donors (Lipinski definition) is 1. The number of carbonyl (C=O) groups is 1. The van der Waals surface area contributed by atoms with E-state index in [1.807, 2.05) is 12.1 Å². The van der Waals surface area contributed by atoms with Crippen LogP contribution in [0.5, 0.6) is 0 Å². The van der Waals surface area contributed by atoms with Gasteiger partial charge in [-0.2, -0.15) is 0 Å². The quantitative estimate of drug-likeness (QED) is 0.883. The van der Waals surface area contributed by atoms with Gasteiger partial charge in [0.15, 0.2) is 6.39 Å². The van der Waals surface area contributed by atoms with Crippen LogP contribution in [-0.2, 0) is 0 Å². The zero-order valence-electron chi connectivity index (χ0n) is 11.8.